The first-order chi connectivity index (χ1) is 18.5. The maximum absolute atomic E-state index is 12.7. The number of carbonyl (C=O) groups excluding carboxylic acids is 2. The molecular formula is C28H39N7O3. The van der Waals surface area contributed by atoms with Gasteiger partial charge in [-0.1, -0.05) is 12.8 Å². The molecule has 5 rings (SSSR count). The molecule has 0 radical (unpaired) electrons. The molecule has 2 aliphatic heterocycles. The van der Waals surface area contributed by atoms with Crippen LogP contribution >= 0.6 is 0 Å². The number of aromatic nitrogens is 2. The highest BCUT2D eigenvalue weighted by Crippen LogP contribution is 2.37. The molecule has 204 valence electrons. The third kappa shape index (κ3) is 5.85. The summed E-state index contributed by atoms with van der Waals surface area (Å²) in [7, 11) is 3.37. The lowest BCUT2D eigenvalue weighted by Gasteiger charge is -2.30. The Bertz CT molecular complexity index is 1150. The normalized spacial score (nSPS) is 18.4. The van der Waals surface area contributed by atoms with Crippen molar-refractivity contribution in [1.82, 2.24) is 20.2 Å². The molecule has 2 amide bonds. The first kappa shape index (κ1) is 26.2. The second-order valence-corrected chi connectivity index (χ2v) is 10.4. The number of fused-ring (bicyclic) bond motifs is 1. The molecule has 1 saturated heterocycles. The van der Waals surface area contributed by atoms with E-state index in [0.717, 1.165) is 37.3 Å². The molecule has 10 heteroatoms. The van der Waals surface area contributed by atoms with Crippen molar-refractivity contribution < 1.29 is 14.3 Å². The lowest BCUT2D eigenvalue weighted by Crippen LogP contribution is -2.34. The lowest BCUT2D eigenvalue weighted by atomic mass is 10.1. The third-order valence-electron chi connectivity index (χ3n) is 7.94. The highest BCUT2D eigenvalue weighted by atomic mass is 16.5. The zero-order valence-electron chi connectivity index (χ0n) is 22.5. The van der Waals surface area contributed by atoms with Gasteiger partial charge in [0.15, 0.2) is 5.82 Å². The molecule has 2 aromatic rings. The van der Waals surface area contributed by atoms with E-state index in [2.05, 4.69) is 25.4 Å². The van der Waals surface area contributed by atoms with Gasteiger partial charge in [-0.15, -0.1) is 0 Å². The van der Waals surface area contributed by atoms with Gasteiger partial charge in [0.2, 0.25) is 11.9 Å². The number of anilines is 4. The molecule has 1 aromatic carbocycles. The Morgan fingerprint density at radius 2 is 1.92 bits per heavy atom. The zero-order chi connectivity index (χ0) is 26.5. The summed E-state index contributed by atoms with van der Waals surface area (Å²) < 4.78 is 5.60. The van der Waals surface area contributed by atoms with Crippen LogP contribution in [0.1, 0.15) is 61.7 Å². The molecule has 3 heterocycles. The third-order valence-corrected chi connectivity index (χ3v) is 7.94. The maximum atomic E-state index is 12.7. The van der Waals surface area contributed by atoms with Crippen LogP contribution in [0, 0.1) is 0 Å². The van der Waals surface area contributed by atoms with Crippen LogP contribution < -0.4 is 25.2 Å². The van der Waals surface area contributed by atoms with Gasteiger partial charge in [0.1, 0.15) is 11.4 Å². The molecule has 0 atom stereocenters. The Morgan fingerprint density at radius 1 is 1.13 bits per heavy atom. The topological polar surface area (TPSA) is 103 Å². The molecule has 38 heavy (non-hydrogen) atoms. The van der Waals surface area contributed by atoms with Gasteiger partial charge in [0.05, 0.1) is 19.0 Å². The van der Waals surface area contributed by atoms with Crippen molar-refractivity contribution in [3.63, 3.8) is 0 Å². The molecular weight excluding hydrogens is 482 g/mol. The fourth-order valence-corrected chi connectivity index (χ4v) is 5.74. The summed E-state index contributed by atoms with van der Waals surface area (Å²) in [4.78, 5) is 41.1. The highest BCUT2D eigenvalue weighted by Gasteiger charge is 2.31. The Labute approximate surface area is 224 Å². The van der Waals surface area contributed by atoms with Crippen molar-refractivity contribution in [2.45, 2.75) is 57.4 Å². The number of ether oxygens (including phenoxy) is 1. The molecule has 1 saturated carbocycles. The molecule has 3 aliphatic rings. The van der Waals surface area contributed by atoms with E-state index < -0.39 is 0 Å². The summed E-state index contributed by atoms with van der Waals surface area (Å²) in [5, 5.41) is 6.29. The fraction of sp³-hybridized carbons (Fsp3) is 0.571. The number of hydrogen-bond acceptors (Lipinski definition) is 8. The SMILES string of the molecule is COc1cc(C(=O)NCCCN2CCCC2)ccc1Nc1ncc2c(n1)N(C1CCCC1)CCC(=O)N2C. The van der Waals surface area contributed by atoms with Crippen molar-refractivity contribution in [1.29, 1.82) is 0 Å². The number of likely N-dealkylation sites (tertiary alicyclic amines) is 1. The number of rotatable bonds is 9. The molecule has 0 bridgehead atoms. The molecule has 0 unspecified atom stereocenters. The van der Waals surface area contributed by atoms with Crippen molar-refractivity contribution in [3.05, 3.63) is 30.0 Å². The van der Waals surface area contributed by atoms with Crippen LogP contribution in [-0.2, 0) is 4.79 Å². The molecule has 0 spiro atoms. The quantitative estimate of drug-likeness (QED) is 0.483. The Balaban J connectivity index is 1.28. The molecule has 2 N–H and O–H groups in total. The van der Waals surface area contributed by atoms with Gasteiger partial charge < -0.3 is 30.1 Å². The zero-order valence-corrected chi connectivity index (χ0v) is 22.5. The maximum Gasteiger partial charge on any atom is 0.251 e. The van der Waals surface area contributed by atoms with Gasteiger partial charge >= 0.3 is 0 Å². The van der Waals surface area contributed by atoms with Gasteiger partial charge in [-0.3, -0.25) is 9.59 Å². The van der Waals surface area contributed by atoms with Crippen molar-refractivity contribution >= 4 is 35.0 Å². The van der Waals surface area contributed by atoms with Gasteiger partial charge in [-0.2, -0.15) is 4.98 Å². The van der Waals surface area contributed by atoms with E-state index in [1.807, 2.05) is 6.07 Å². The lowest BCUT2D eigenvalue weighted by molar-refractivity contribution is -0.118. The van der Waals surface area contributed by atoms with Crippen LogP contribution in [0.4, 0.5) is 23.1 Å². The van der Waals surface area contributed by atoms with Crippen LogP contribution in [0.5, 0.6) is 5.75 Å². The van der Waals surface area contributed by atoms with Gasteiger partial charge in [0.25, 0.3) is 5.91 Å². The molecule has 1 aliphatic carbocycles. The first-order valence-electron chi connectivity index (χ1n) is 13.9. The van der Waals surface area contributed by atoms with Crippen LogP contribution in [0.15, 0.2) is 24.4 Å². The Kier molecular flexibility index (Phi) is 8.26. The number of benzene rings is 1. The van der Waals surface area contributed by atoms with E-state index >= 15 is 0 Å². The number of methoxy groups -OCH3 is 1. The number of nitrogens with zero attached hydrogens (tertiary/aromatic N) is 5. The summed E-state index contributed by atoms with van der Waals surface area (Å²) >= 11 is 0. The van der Waals surface area contributed by atoms with E-state index in [1.165, 1.54) is 38.8 Å². The second kappa shape index (κ2) is 12.0. The van der Waals surface area contributed by atoms with Gasteiger partial charge in [-0.25, -0.2) is 4.98 Å². The summed E-state index contributed by atoms with van der Waals surface area (Å²) in [6, 6.07) is 5.72. The average molecular weight is 522 g/mol. The van der Waals surface area contributed by atoms with Crippen LogP contribution in [-0.4, -0.2) is 79.6 Å². The van der Waals surface area contributed by atoms with Crippen LogP contribution in [0.3, 0.4) is 0 Å². The molecule has 10 nitrogen and oxygen atoms in total. The average Bonchev–Trinajstić information content (AvgIpc) is 3.64. The van der Waals surface area contributed by atoms with Crippen LogP contribution in [0.2, 0.25) is 0 Å². The van der Waals surface area contributed by atoms with E-state index in [9.17, 15) is 9.59 Å². The van der Waals surface area contributed by atoms with Crippen molar-refractivity contribution in [2.24, 2.45) is 0 Å². The summed E-state index contributed by atoms with van der Waals surface area (Å²) in [5.74, 6) is 1.70. The predicted molar refractivity (Wildman–Crippen MR) is 149 cm³/mol. The van der Waals surface area contributed by atoms with Gasteiger partial charge in [-0.05, 0) is 69.9 Å². The minimum Gasteiger partial charge on any atom is -0.495 e. The smallest absolute Gasteiger partial charge is 0.251 e. The fourth-order valence-electron chi connectivity index (χ4n) is 5.74. The molecule has 1 aromatic heterocycles. The monoisotopic (exact) mass is 521 g/mol. The van der Waals surface area contributed by atoms with Gasteiger partial charge in [0, 0.05) is 38.2 Å². The first-order valence-corrected chi connectivity index (χ1v) is 13.9. The number of carbonyl (C=O) groups is 2. The standard InChI is InChI=1S/C28H39N7O3/c1-33-23-19-30-28(32-26(23)35(17-12-25(33)36)21-8-3-4-9-21)31-22-11-10-20(18-24(22)38-2)27(37)29-13-7-16-34-14-5-6-15-34/h10-11,18-19,21H,3-9,12-17H2,1-2H3,(H,29,37)(H,30,31,32). The predicted octanol–water partition coefficient (Wildman–Crippen LogP) is 3.56. The summed E-state index contributed by atoms with van der Waals surface area (Å²) in [6.07, 6.45) is 10.3. The van der Waals surface area contributed by atoms with E-state index in [4.69, 9.17) is 9.72 Å². The minimum atomic E-state index is -0.113. The largest absolute Gasteiger partial charge is 0.495 e. The van der Waals surface area contributed by atoms with Crippen molar-refractivity contribution in [3.8, 4) is 5.75 Å². The number of nitrogens with one attached hydrogen (secondary N) is 2. The van der Waals surface area contributed by atoms with E-state index in [1.54, 1.807) is 37.4 Å². The van der Waals surface area contributed by atoms with E-state index in [-0.39, 0.29) is 11.8 Å². The minimum absolute atomic E-state index is 0.0719. The number of hydrogen-bond donors (Lipinski definition) is 2. The Hall–Kier alpha value is -3.40. The van der Waals surface area contributed by atoms with Crippen LogP contribution in [0.25, 0.3) is 0 Å². The molecule has 2 fully saturated rings. The summed E-state index contributed by atoms with van der Waals surface area (Å²) in [5.41, 5.74) is 1.95. The Morgan fingerprint density at radius 3 is 2.68 bits per heavy atom. The number of amides is 2. The highest BCUT2D eigenvalue weighted by molar-refractivity contribution is 5.97. The van der Waals surface area contributed by atoms with Crippen molar-refractivity contribution in [2.75, 3.05) is 62.0 Å². The van der Waals surface area contributed by atoms with E-state index in [0.29, 0.717) is 48.5 Å². The summed E-state index contributed by atoms with van der Waals surface area (Å²) in [6.45, 7) is 4.66. The second-order valence-electron chi connectivity index (χ2n) is 10.4.